The van der Waals surface area contributed by atoms with Gasteiger partial charge in [-0.25, -0.2) is 4.79 Å². The first-order valence-electron chi connectivity index (χ1n) is 27.7. The number of carboxylic acid groups (broad SMARTS) is 2. The molecule has 9 N–H and O–H groups in total. The molecule has 23 heteroatoms. The molecule has 0 radical (unpaired) electrons. The molecule has 0 aliphatic rings. The van der Waals surface area contributed by atoms with Crippen LogP contribution in [-0.2, 0) is 66.9 Å². The van der Waals surface area contributed by atoms with Gasteiger partial charge in [-0.2, -0.15) is 11.8 Å². The number of aliphatic carboxylic acids is 2. The molecule has 4 amide bonds. The summed E-state index contributed by atoms with van der Waals surface area (Å²) in [6.07, 6.45) is 16.8. The van der Waals surface area contributed by atoms with Gasteiger partial charge in [-0.3, -0.25) is 43.2 Å². The molecule has 0 aromatic carbocycles. The molecule has 0 fully saturated rings. The lowest BCUT2D eigenvalue weighted by molar-refractivity contribution is -0.142. The number of carboxylic acids is 2. The van der Waals surface area contributed by atoms with Gasteiger partial charge in [-0.05, 0) is 52.9 Å². The highest BCUT2D eigenvalue weighted by molar-refractivity contribution is 7.99. The van der Waals surface area contributed by atoms with Crippen molar-refractivity contribution in [2.24, 2.45) is 17.6 Å². The molecule has 0 aliphatic heterocycles. The topological polar surface area (TPSA) is 342 Å². The molecule has 0 heterocycles. The Hall–Kier alpha value is -4.39. The Morgan fingerprint density at radius 3 is 1.43 bits per heavy atom. The van der Waals surface area contributed by atoms with Gasteiger partial charge in [0.1, 0.15) is 42.4 Å². The van der Waals surface area contributed by atoms with Crippen molar-refractivity contribution in [1.29, 1.82) is 0 Å². The van der Waals surface area contributed by atoms with E-state index in [1.54, 1.807) is 6.92 Å². The SMILES string of the molecule is C.C.C.CC(=O)[C@H](C)N.CC[C@@H](CSCC(=O)NCCNC(=O)COCCOCCNC(=O)COCCOCCCC(=O)CC[C@H](NC(=O)CCCCCCCCCCCCCCCCC(=O)O)C(=O)O)C(=O)C[C@@H](CO)C(C)=O. The molecule has 0 spiro atoms. The average molecular weight is 1170 g/mol. The summed E-state index contributed by atoms with van der Waals surface area (Å²) in [7, 11) is 0. The number of ether oxygens (including phenoxy) is 4. The molecule has 22 nitrogen and oxygen atoms in total. The molecule has 470 valence electrons. The number of carbonyl (C=O) groups excluding carboxylic acids is 8. The van der Waals surface area contributed by atoms with Crippen LogP contribution in [0.2, 0.25) is 0 Å². The Kier molecular flexibility index (Phi) is 62.5. The molecule has 0 unspecified atom stereocenters. The van der Waals surface area contributed by atoms with Crippen LogP contribution in [0.4, 0.5) is 0 Å². The lowest BCUT2D eigenvalue weighted by Gasteiger charge is -2.16. The van der Waals surface area contributed by atoms with E-state index >= 15 is 0 Å². The van der Waals surface area contributed by atoms with Crippen LogP contribution in [0.5, 0.6) is 0 Å². The van der Waals surface area contributed by atoms with Gasteiger partial charge in [0.25, 0.3) is 0 Å². The number of carbonyl (C=O) groups is 10. The fraction of sp³-hybridized carbons (Fsp3) is 0.825. The van der Waals surface area contributed by atoms with E-state index in [9.17, 15) is 58.2 Å². The minimum absolute atomic E-state index is 0. The van der Waals surface area contributed by atoms with E-state index in [1.165, 1.54) is 64.1 Å². The van der Waals surface area contributed by atoms with Gasteiger partial charge in [0.15, 0.2) is 0 Å². The number of aliphatic hydroxyl groups is 1. The zero-order chi connectivity index (χ0) is 57.9. The summed E-state index contributed by atoms with van der Waals surface area (Å²) >= 11 is 1.31. The number of nitrogens with two attached hydrogens (primary N) is 1. The van der Waals surface area contributed by atoms with Crippen LogP contribution in [0.25, 0.3) is 0 Å². The molecule has 0 rings (SSSR count). The van der Waals surface area contributed by atoms with Gasteiger partial charge >= 0.3 is 11.9 Å². The standard InChI is InChI=1S/C50H88N4O16S.C4H9NO.3CH4/c1-3-40(44(58)33-41(34-55)39(2)56)37-71-38-48(62)52-25-24-51-46(60)35-70-32-30-68-28-26-53-47(61)36-69-31-29-67-27-18-19-42(57)22-23-43(50(65)66)54-45(59)20-16-14-12-10-8-6-4-5-7-9-11-13-15-17-21-49(63)64;1-3(5)4(2)6;;;/h40-41,43,55H,3-38H2,1-2H3,(H,51,60)(H,52,62)(H,53,61)(H,54,59)(H,63,64)(H,65,66);3H,5H2,1-2H3;3*1H4/t40-,41-,43-;3-;;;/m00.../s1. The van der Waals surface area contributed by atoms with Crippen molar-refractivity contribution in [3.05, 3.63) is 0 Å². The fourth-order valence-electron chi connectivity index (χ4n) is 7.08. The van der Waals surface area contributed by atoms with Crippen LogP contribution in [0.15, 0.2) is 0 Å². The van der Waals surface area contributed by atoms with E-state index in [1.807, 2.05) is 6.92 Å². The van der Waals surface area contributed by atoms with Crippen LogP contribution >= 0.6 is 11.8 Å². The van der Waals surface area contributed by atoms with E-state index in [0.717, 1.165) is 44.9 Å². The van der Waals surface area contributed by atoms with E-state index < -0.39 is 23.9 Å². The van der Waals surface area contributed by atoms with Gasteiger partial charge < -0.3 is 61.3 Å². The third-order valence-electron chi connectivity index (χ3n) is 12.1. The van der Waals surface area contributed by atoms with Crippen molar-refractivity contribution in [3.8, 4) is 0 Å². The Morgan fingerprint density at radius 1 is 0.525 bits per heavy atom. The predicted octanol–water partition coefficient (Wildman–Crippen LogP) is 6.17. The zero-order valence-corrected chi connectivity index (χ0v) is 47.6. The smallest absolute Gasteiger partial charge is 0.326 e. The Labute approximate surface area is 483 Å². The van der Waals surface area contributed by atoms with E-state index in [2.05, 4.69) is 21.3 Å². The largest absolute Gasteiger partial charge is 0.481 e. The van der Waals surface area contributed by atoms with Crippen LogP contribution in [-0.4, -0.2) is 177 Å². The number of Topliss-reactive ketones (excluding diaryl/α,β-unsaturated/α-hetero) is 4. The maximum atomic E-state index is 12.5. The molecule has 0 aromatic heterocycles. The van der Waals surface area contributed by atoms with Crippen LogP contribution < -0.4 is 27.0 Å². The highest BCUT2D eigenvalue weighted by Crippen LogP contribution is 2.18. The third kappa shape index (κ3) is 56.9. The number of rotatable bonds is 53. The number of amides is 4. The quantitative estimate of drug-likeness (QED) is 0.0315. The third-order valence-corrected chi connectivity index (χ3v) is 13.2. The normalized spacial score (nSPS) is 12.0. The second-order valence-electron chi connectivity index (χ2n) is 19.0. The van der Waals surface area contributed by atoms with Crippen molar-refractivity contribution in [2.75, 3.05) is 90.6 Å². The monoisotopic (exact) mass is 1170 g/mol. The lowest BCUT2D eigenvalue weighted by atomic mass is 9.92. The van der Waals surface area contributed by atoms with Crippen molar-refractivity contribution >= 4 is 70.5 Å². The van der Waals surface area contributed by atoms with Gasteiger partial charge in [-0.1, -0.05) is 106 Å². The number of thioether (sulfide) groups is 1. The van der Waals surface area contributed by atoms with E-state index in [-0.39, 0.29) is 198 Å². The average Bonchev–Trinajstić information content (AvgIpc) is 3.38. The molecule has 4 atom stereocenters. The first-order valence-corrected chi connectivity index (χ1v) is 28.8. The summed E-state index contributed by atoms with van der Waals surface area (Å²) < 4.78 is 21.4. The lowest BCUT2D eigenvalue weighted by Crippen LogP contribution is -2.41. The second-order valence-corrected chi connectivity index (χ2v) is 20.1. The predicted molar refractivity (Wildman–Crippen MR) is 313 cm³/mol. The highest BCUT2D eigenvalue weighted by Gasteiger charge is 2.24. The van der Waals surface area contributed by atoms with E-state index in [0.29, 0.717) is 31.6 Å². The Bertz CT molecular complexity index is 1660. The van der Waals surface area contributed by atoms with Crippen molar-refractivity contribution in [1.82, 2.24) is 21.3 Å². The minimum Gasteiger partial charge on any atom is -0.481 e. The molecule has 0 aliphatic carbocycles. The molecule has 0 saturated heterocycles. The number of aliphatic hydroxyl groups excluding tert-OH is 1. The van der Waals surface area contributed by atoms with Crippen molar-refractivity contribution in [3.63, 3.8) is 0 Å². The number of ketones is 4. The summed E-state index contributed by atoms with van der Waals surface area (Å²) in [5.41, 5.74) is 5.09. The number of nitrogens with one attached hydrogen (secondary N) is 4. The number of hydrogen-bond acceptors (Lipinski definition) is 17. The number of unbranched alkanes of at least 4 members (excludes halogenated alkanes) is 13. The van der Waals surface area contributed by atoms with Crippen LogP contribution in [0.3, 0.4) is 0 Å². The van der Waals surface area contributed by atoms with Gasteiger partial charge in [0.2, 0.25) is 23.6 Å². The maximum Gasteiger partial charge on any atom is 0.326 e. The molecular weight excluding hydrogens is 1060 g/mol. The molecule has 0 saturated carbocycles. The molecule has 0 aromatic rings. The van der Waals surface area contributed by atoms with Gasteiger partial charge in [0.05, 0.1) is 51.4 Å². The zero-order valence-electron chi connectivity index (χ0n) is 46.8. The van der Waals surface area contributed by atoms with Gasteiger partial charge in [0, 0.05) is 75.9 Å². The maximum absolute atomic E-state index is 12.5. The Balaban J connectivity index is -0.00000196. The molecule has 80 heavy (non-hydrogen) atoms. The fourth-order valence-corrected chi connectivity index (χ4v) is 8.19. The first kappa shape index (κ1) is 84.4. The van der Waals surface area contributed by atoms with Crippen molar-refractivity contribution < 1.29 is 82.2 Å². The summed E-state index contributed by atoms with van der Waals surface area (Å²) in [6, 6.07) is -1.40. The van der Waals surface area contributed by atoms with Gasteiger partial charge in [-0.15, -0.1) is 0 Å². The second kappa shape index (κ2) is 59.2. The Morgan fingerprint density at radius 2 is 0.975 bits per heavy atom. The first-order chi connectivity index (χ1) is 36.8. The van der Waals surface area contributed by atoms with Crippen LogP contribution in [0, 0.1) is 11.8 Å². The summed E-state index contributed by atoms with van der Waals surface area (Å²) in [4.78, 5) is 117. The number of hydrogen-bond donors (Lipinski definition) is 8. The van der Waals surface area contributed by atoms with Crippen LogP contribution in [0.1, 0.15) is 191 Å². The van der Waals surface area contributed by atoms with Crippen molar-refractivity contribution in [2.45, 2.75) is 203 Å². The minimum atomic E-state index is -1.17. The summed E-state index contributed by atoms with van der Waals surface area (Å²) in [5, 5.41) is 38.0. The molecular formula is C57H109N5O17S. The highest BCUT2D eigenvalue weighted by atomic mass is 32.2. The van der Waals surface area contributed by atoms with E-state index in [4.69, 9.17) is 29.8 Å². The summed E-state index contributed by atoms with van der Waals surface area (Å²) in [6.45, 7) is 7.54. The molecule has 0 bridgehead atoms. The summed E-state index contributed by atoms with van der Waals surface area (Å²) in [5.74, 6) is -3.99.